The van der Waals surface area contributed by atoms with Gasteiger partial charge in [-0.05, 0) is 36.1 Å². The molecule has 0 atom stereocenters. The van der Waals surface area contributed by atoms with E-state index in [1.165, 1.54) is 29.9 Å². The summed E-state index contributed by atoms with van der Waals surface area (Å²) in [5.41, 5.74) is 3.05. The van der Waals surface area contributed by atoms with E-state index in [4.69, 9.17) is 4.74 Å². The topological polar surface area (TPSA) is 9.23 Å². The largest absolute Gasteiger partial charge is 0.497 e. The van der Waals surface area contributed by atoms with Gasteiger partial charge in [0.05, 0.1) is 11.2 Å². The van der Waals surface area contributed by atoms with Crippen molar-refractivity contribution < 1.29 is 4.74 Å². The highest BCUT2D eigenvalue weighted by atomic mass is 32.2. The Morgan fingerprint density at radius 2 is 2.07 bits per heavy atom. The zero-order valence-corrected chi connectivity index (χ0v) is 10.4. The number of thioether (sulfide) groups is 2. The minimum atomic E-state index is 0.390. The molecule has 15 heavy (non-hydrogen) atoms. The third-order valence-corrected chi connectivity index (χ3v) is 6.76. The molecule has 1 aromatic carbocycles. The van der Waals surface area contributed by atoms with Gasteiger partial charge in [-0.3, -0.25) is 0 Å². The molecule has 80 valence electrons. The fraction of sp³-hybridized carbons (Fsp3) is 0.500. The van der Waals surface area contributed by atoms with Gasteiger partial charge in [0.1, 0.15) is 5.75 Å². The zero-order valence-electron chi connectivity index (χ0n) is 8.79. The van der Waals surface area contributed by atoms with E-state index in [9.17, 15) is 0 Å². The number of hydrogen-bond donors (Lipinski definition) is 0. The Labute approximate surface area is 99.0 Å². The molecule has 0 N–H and O–H groups in total. The maximum absolute atomic E-state index is 5.28. The van der Waals surface area contributed by atoms with E-state index in [1.807, 2.05) is 0 Å². The normalized spacial score (nSPS) is 21.9. The van der Waals surface area contributed by atoms with Crippen LogP contribution in [0.3, 0.4) is 0 Å². The molecule has 1 aromatic rings. The first-order valence-corrected chi connectivity index (χ1v) is 7.26. The van der Waals surface area contributed by atoms with Crippen molar-refractivity contribution in [3.8, 4) is 5.75 Å². The Balaban J connectivity index is 2.03. The summed E-state index contributed by atoms with van der Waals surface area (Å²) in [6.45, 7) is 0. The van der Waals surface area contributed by atoms with Gasteiger partial charge in [0.2, 0.25) is 0 Å². The summed E-state index contributed by atoms with van der Waals surface area (Å²) in [7, 11) is 1.74. The van der Waals surface area contributed by atoms with Crippen LogP contribution in [-0.2, 0) is 10.5 Å². The van der Waals surface area contributed by atoms with Gasteiger partial charge in [0.25, 0.3) is 0 Å². The Morgan fingerprint density at radius 1 is 1.27 bits per heavy atom. The summed E-state index contributed by atoms with van der Waals surface area (Å²) >= 11 is 4.26. The Morgan fingerprint density at radius 3 is 2.80 bits per heavy atom. The molecule has 3 heteroatoms. The number of rotatable bonds is 1. The second-order valence-electron chi connectivity index (χ2n) is 3.97. The molecule has 1 fully saturated rings. The molecule has 1 heterocycles. The standard InChI is InChI=1S/C12H14OS2/c1-13-10-2-3-11-9(8-10)4-5-12(11)14-6-7-15-12/h2-3,8H,4-7H2,1H3. The molecule has 0 unspecified atom stereocenters. The highest BCUT2D eigenvalue weighted by Gasteiger charge is 2.42. The van der Waals surface area contributed by atoms with Gasteiger partial charge in [0, 0.05) is 11.5 Å². The van der Waals surface area contributed by atoms with Crippen LogP contribution in [0.5, 0.6) is 5.75 Å². The van der Waals surface area contributed by atoms with Crippen LogP contribution in [-0.4, -0.2) is 18.6 Å². The Bertz CT molecular complexity index is 383. The summed E-state index contributed by atoms with van der Waals surface area (Å²) < 4.78 is 5.67. The molecule has 3 rings (SSSR count). The lowest BCUT2D eigenvalue weighted by molar-refractivity contribution is 0.414. The number of benzene rings is 1. The SMILES string of the molecule is COc1ccc2c(c1)CCC21SCCS1. The fourth-order valence-electron chi connectivity index (χ4n) is 2.46. The minimum absolute atomic E-state index is 0.390. The Kier molecular flexibility index (Phi) is 2.40. The van der Waals surface area contributed by atoms with Crippen LogP contribution < -0.4 is 4.74 Å². The highest BCUT2D eigenvalue weighted by molar-refractivity contribution is 8.20. The van der Waals surface area contributed by atoms with Crippen LogP contribution >= 0.6 is 23.5 Å². The summed E-state index contributed by atoms with van der Waals surface area (Å²) in [5.74, 6) is 3.60. The molecule has 0 radical (unpaired) electrons. The number of ether oxygens (including phenoxy) is 1. The van der Waals surface area contributed by atoms with E-state index in [0.717, 1.165) is 5.75 Å². The van der Waals surface area contributed by atoms with Crippen molar-refractivity contribution in [3.63, 3.8) is 0 Å². The van der Waals surface area contributed by atoms with E-state index in [0.29, 0.717) is 4.08 Å². The molecule has 1 saturated heterocycles. The zero-order chi connectivity index (χ0) is 10.3. The van der Waals surface area contributed by atoms with Gasteiger partial charge < -0.3 is 4.74 Å². The molecule has 0 aromatic heterocycles. The lowest BCUT2D eigenvalue weighted by atomic mass is 10.1. The van der Waals surface area contributed by atoms with E-state index in [2.05, 4.69) is 41.7 Å². The van der Waals surface area contributed by atoms with Crippen molar-refractivity contribution in [2.75, 3.05) is 18.6 Å². The molecule has 1 aliphatic carbocycles. The molecule has 1 spiro atoms. The van der Waals surface area contributed by atoms with Crippen molar-refractivity contribution >= 4 is 23.5 Å². The number of aryl methyl sites for hydroxylation is 1. The van der Waals surface area contributed by atoms with E-state index < -0.39 is 0 Å². The molecular formula is C12H14OS2. The summed E-state index contributed by atoms with van der Waals surface area (Å²) in [5, 5.41) is 0. The smallest absolute Gasteiger partial charge is 0.119 e. The van der Waals surface area contributed by atoms with Gasteiger partial charge >= 0.3 is 0 Å². The van der Waals surface area contributed by atoms with Crippen LogP contribution in [0.2, 0.25) is 0 Å². The van der Waals surface area contributed by atoms with Crippen molar-refractivity contribution in [2.45, 2.75) is 16.9 Å². The lowest BCUT2D eigenvalue weighted by Crippen LogP contribution is -2.08. The first-order chi connectivity index (χ1) is 7.34. The molecule has 1 aliphatic heterocycles. The van der Waals surface area contributed by atoms with Crippen molar-refractivity contribution in [1.82, 2.24) is 0 Å². The van der Waals surface area contributed by atoms with Crippen molar-refractivity contribution in [1.29, 1.82) is 0 Å². The van der Waals surface area contributed by atoms with E-state index in [-0.39, 0.29) is 0 Å². The molecule has 1 nitrogen and oxygen atoms in total. The van der Waals surface area contributed by atoms with Crippen molar-refractivity contribution in [2.24, 2.45) is 0 Å². The van der Waals surface area contributed by atoms with E-state index in [1.54, 1.807) is 12.7 Å². The minimum Gasteiger partial charge on any atom is -0.497 e. The fourth-order valence-corrected chi connectivity index (χ4v) is 5.83. The van der Waals surface area contributed by atoms with E-state index >= 15 is 0 Å². The Hall–Kier alpha value is -0.280. The summed E-state index contributed by atoms with van der Waals surface area (Å²) in [4.78, 5) is 0. The summed E-state index contributed by atoms with van der Waals surface area (Å²) in [6, 6.07) is 6.58. The molecule has 0 saturated carbocycles. The van der Waals surface area contributed by atoms with Gasteiger partial charge in [0.15, 0.2) is 0 Å². The van der Waals surface area contributed by atoms with Crippen LogP contribution in [0, 0.1) is 0 Å². The lowest BCUT2D eigenvalue weighted by Gasteiger charge is -2.22. The quantitative estimate of drug-likeness (QED) is 0.743. The van der Waals surface area contributed by atoms with Crippen LogP contribution in [0.4, 0.5) is 0 Å². The maximum Gasteiger partial charge on any atom is 0.119 e. The molecular weight excluding hydrogens is 224 g/mol. The predicted molar refractivity (Wildman–Crippen MR) is 67.9 cm³/mol. The third-order valence-electron chi connectivity index (χ3n) is 3.20. The van der Waals surface area contributed by atoms with Gasteiger partial charge in [-0.25, -0.2) is 0 Å². The molecule has 0 amide bonds. The van der Waals surface area contributed by atoms with Gasteiger partial charge in [-0.1, -0.05) is 6.07 Å². The third kappa shape index (κ3) is 1.48. The van der Waals surface area contributed by atoms with Gasteiger partial charge in [-0.2, -0.15) is 0 Å². The van der Waals surface area contributed by atoms with Gasteiger partial charge in [-0.15, -0.1) is 23.5 Å². The molecule has 2 aliphatic rings. The number of fused-ring (bicyclic) bond motifs is 2. The van der Waals surface area contributed by atoms with Crippen LogP contribution in [0.1, 0.15) is 17.5 Å². The predicted octanol–water partition coefficient (Wildman–Crippen LogP) is 3.27. The second kappa shape index (κ2) is 3.63. The molecule has 0 bridgehead atoms. The van der Waals surface area contributed by atoms with Crippen LogP contribution in [0.15, 0.2) is 18.2 Å². The second-order valence-corrected chi connectivity index (χ2v) is 7.02. The van der Waals surface area contributed by atoms with Crippen molar-refractivity contribution in [3.05, 3.63) is 29.3 Å². The average Bonchev–Trinajstić information content (AvgIpc) is 2.88. The first kappa shape index (κ1) is 9.91. The average molecular weight is 238 g/mol. The number of hydrogen-bond acceptors (Lipinski definition) is 3. The maximum atomic E-state index is 5.28. The number of methoxy groups -OCH3 is 1. The first-order valence-electron chi connectivity index (χ1n) is 5.29. The summed E-state index contributed by atoms with van der Waals surface area (Å²) in [6.07, 6.45) is 2.51. The highest BCUT2D eigenvalue weighted by Crippen LogP contribution is 2.59. The van der Waals surface area contributed by atoms with Crippen LogP contribution in [0.25, 0.3) is 0 Å². The monoisotopic (exact) mass is 238 g/mol.